The zero-order valence-corrected chi connectivity index (χ0v) is 17.1. The number of rotatable bonds is 7. The Balaban J connectivity index is 1.61. The van der Waals surface area contributed by atoms with Crippen molar-refractivity contribution in [1.29, 1.82) is 0 Å². The number of anilines is 1. The van der Waals surface area contributed by atoms with Gasteiger partial charge in [0.2, 0.25) is 10.0 Å². The van der Waals surface area contributed by atoms with E-state index in [1.807, 2.05) is 37.3 Å². The van der Waals surface area contributed by atoms with Gasteiger partial charge in [-0.1, -0.05) is 36.4 Å². The quantitative estimate of drug-likeness (QED) is 0.648. The summed E-state index contributed by atoms with van der Waals surface area (Å²) in [7, 11) is -3.33. The van der Waals surface area contributed by atoms with Crippen LogP contribution in [-0.2, 0) is 26.1 Å². The second-order valence-electron chi connectivity index (χ2n) is 6.76. The highest BCUT2D eigenvalue weighted by atomic mass is 32.2. The third-order valence-corrected chi connectivity index (χ3v) is 6.62. The Hall–Kier alpha value is -2.87. The molecule has 2 aromatic carbocycles. The number of hydrogen-bond donors (Lipinski definition) is 0. The minimum Gasteiger partial charge on any atom is -0.452 e. The van der Waals surface area contributed by atoms with Gasteiger partial charge in [0.05, 0.1) is 17.0 Å². The third kappa shape index (κ3) is 5.14. The first kappa shape index (κ1) is 20.9. The van der Waals surface area contributed by atoms with Crippen LogP contribution in [0.25, 0.3) is 0 Å². The Morgan fingerprint density at radius 1 is 1.10 bits per heavy atom. The van der Waals surface area contributed by atoms with Gasteiger partial charge in [0.25, 0.3) is 5.91 Å². The molecule has 0 aliphatic carbocycles. The van der Waals surface area contributed by atoms with E-state index in [9.17, 15) is 18.0 Å². The molecule has 0 N–H and O–H groups in total. The van der Waals surface area contributed by atoms with Gasteiger partial charge in [0.1, 0.15) is 0 Å². The molecule has 8 heteroatoms. The largest absolute Gasteiger partial charge is 0.452 e. The molecule has 1 aliphatic rings. The van der Waals surface area contributed by atoms with E-state index in [1.165, 1.54) is 10.4 Å². The molecule has 7 nitrogen and oxygen atoms in total. The molecule has 0 spiro atoms. The number of ether oxygens (including phenoxy) is 1. The zero-order chi connectivity index (χ0) is 20.9. The molecule has 0 radical (unpaired) electrons. The molecule has 1 saturated heterocycles. The Morgan fingerprint density at radius 2 is 1.86 bits per heavy atom. The predicted molar refractivity (Wildman–Crippen MR) is 110 cm³/mol. The maximum absolute atomic E-state index is 12.4. The number of hydrogen-bond acceptors (Lipinski definition) is 5. The topological polar surface area (TPSA) is 84.0 Å². The van der Waals surface area contributed by atoms with Gasteiger partial charge in [-0.15, -0.1) is 0 Å². The van der Waals surface area contributed by atoms with Crippen molar-refractivity contribution in [3.8, 4) is 0 Å². The van der Waals surface area contributed by atoms with Crippen LogP contribution >= 0.6 is 0 Å². The molecule has 0 unspecified atom stereocenters. The van der Waals surface area contributed by atoms with E-state index in [4.69, 9.17) is 4.74 Å². The number of carbonyl (C=O) groups excluding carboxylic acids is 2. The molecule has 2 aromatic rings. The van der Waals surface area contributed by atoms with Crippen LogP contribution in [0.3, 0.4) is 0 Å². The summed E-state index contributed by atoms with van der Waals surface area (Å²) in [5.41, 5.74) is 1.64. The summed E-state index contributed by atoms with van der Waals surface area (Å²) >= 11 is 0. The number of nitrogens with zero attached hydrogens (tertiary/aromatic N) is 2. The average molecular weight is 416 g/mol. The van der Waals surface area contributed by atoms with E-state index < -0.39 is 16.0 Å². The van der Waals surface area contributed by atoms with Crippen LogP contribution in [0.15, 0.2) is 54.6 Å². The molecular weight excluding hydrogens is 392 g/mol. The van der Waals surface area contributed by atoms with Gasteiger partial charge in [0, 0.05) is 19.6 Å². The second-order valence-corrected chi connectivity index (χ2v) is 8.77. The van der Waals surface area contributed by atoms with E-state index in [1.54, 1.807) is 23.1 Å². The fourth-order valence-corrected chi connectivity index (χ4v) is 4.76. The Labute approximate surface area is 170 Å². The summed E-state index contributed by atoms with van der Waals surface area (Å²) in [5.74, 6) is -0.847. The van der Waals surface area contributed by atoms with Gasteiger partial charge in [-0.2, -0.15) is 0 Å². The molecule has 0 atom stereocenters. The van der Waals surface area contributed by atoms with Gasteiger partial charge in [-0.05, 0) is 37.1 Å². The standard InChI is InChI=1S/C21H24N2O5S/c1-2-22(15-17-8-4-3-5-9-17)20(24)16-28-21(25)18-10-6-11-19(14-18)23-12-7-13-29(23,26)27/h3-6,8-11,14H,2,7,12-13,15-16H2,1H3. The van der Waals surface area contributed by atoms with Crippen LogP contribution < -0.4 is 4.31 Å². The normalized spacial score (nSPS) is 15.1. The van der Waals surface area contributed by atoms with Gasteiger partial charge in [-0.3, -0.25) is 9.10 Å². The average Bonchev–Trinajstić information content (AvgIpc) is 3.09. The smallest absolute Gasteiger partial charge is 0.338 e. The van der Waals surface area contributed by atoms with Crippen molar-refractivity contribution in [3.63, 3.8) is 0 Å². The van der Waals surface area contributed by atoms with Crippen molar-refractivity contribution in [2.24, 2.45) is 0 Å². The number of benzene rings is 2. The Kier molecular flexibility index (Phi) is 6.53. The molecule has 0 saturated carbocycles. The molecule has 1 amide bonds. The zero-order valence-electron chi connectivity index (χ0n) is 16.3. The lowest BCUT2D eigenvalue weighted by Crippen LogP contribution is -2.34. The number of likely N-dealkylation sites (N-methyl/N-ethyl adjacent to an activating group) is 1. The van der Waals surface area contributed by atoms with Gasteiger partial charge >= 0.3 is 5.97 Å². The molecule has 154 valence electrons. The van der Waals surface area contributed by atoms with Crippen LogP contribution in [0, 0.1) is 0 Å². The molecular formula is C21H24N2O5S. The van der Waals surface area contributed by atoms with Crippen LogP contribution in [0.1, 0.15) is 29.3 Å². The highest BCUT2D eigenvalue weighted by molar-refractivity contribution is 7.93. The first-order valence-electron chi connectivity index (χ1n) is 9.50. The van der Waals surface area contributed by atoms with Gasteiger partial charge < -0.3 is 9.64 Å². The molecule has 1 aliphatic heterocycles. The number of carbonyl (C=O) groups is 2. The van der Waals surface area contributed by atoms with Crippen molar-refractivity contribution >= 4 is 27.6 Å². The Bertz CT molecular complexity index is 976. The SMILES string of the molecule is CCN(Cc1ccccc1)C(=O)COC(=O)c1cccc(N2CCCS2(=O)=O)c1. The highest BCUT2D eigenvalue weighted by Crippen LogP contribution is 2.25. The third-order valence-electron chi connectivity index (χ3n) is 4.75. The lowest BCUT2D eigenvalue weighted by Gasteiger charge is -2.21. The minimum atomic E-state index is -3.33. The summed E-state index contributed by atoms with van der Waals surface area (Å²) in [4.78, 5) is 26.4. The number of sulfonamides is 1. The second kappa shape index (κ2) is 9.09. The van der Waals surface area contributed by atoms with Crippen LogP contribution in [0.5, 0.6) is 0 Å². The number of esters is 1. The monoisotopic (exact) mass is 416 g/mol. The highest BCUT2D eigenvalue weighted by Gasteiger charge is 2.28. The first-order chi connectivity index (χ1) is 13.9. The van der Waals surface area contributed by atoms with E-state index >= 15 is 0 Å². The van der Waals surface area contributed by atoms with Crippen molar-refractivity contribution in [1.82, 2.24) is 4.90 Å². The molecule has 1 fully saturated rings. The van der Waals surface area contributed by atoms with Gasteiger partial charge in [0.15, 0.2) is 6.61 Å². The summed E-state index contributed by atoms with van der Waals surface area (Å²) in [5, 5.41) is 0. The van der Waals surface area contributed by atoms with Crippen molar-refractivity contribution in [2.75, 3.05) is 29.8 Å². The van der Waals surface area contributed by atoms with E-state index in [-0.39, 0.29) is 23.8 Å². The summed E-state index contributed by atoms with van der Waals surface area (Å²) in [6.45, 7) is 2.82. The number of amides is 1. The molecule has 3 rings (SSSR count). The van der Waals surface area contributed by atoms with Crippen molar-refractivity contribution in [3.05, 3.63) is 65.7 Å². The van der Waals surface area contributed by atoms with E-state index in [2.05, 4.69) is 0 Å². The maximum Gasteiger partial charge on any atom is 0.338 e. The van der Waals surface area contributed by atoms with Crippen molar-refractivity contribution < 1.29 is 22.7 Å². The van der Waals surface area contributed by atoms with Crippen LogP contribution in [-0.4, -0.2) is 50.6 Å². The fraction of sp³-hybridized carbons (Fsp3) is 0.333. The lowest BCUT2D eigenvalue weighted by molar-refractivity contribution is -0.134. The van der Waals surface area contributed by atoms with Crippen molar-refractivity contribution in [2.45, 2.75) is 19.9 Å². The minimum absolute atomic E-state index is 0.102. The summed E-state index contributed by atoms with van der Waals surface area (Å²) in [6, 6.07) is 15.9. The molecule has 29 heavy (non-hydrogen) atoms. The lowest BCUT2D eigenvalue weighted by atomic mass is 10.2. The molecule has 0 bridgehead atoms. The van der Waals surface area contributed by atoms with E-state index in [0.29, 0.717) is 31.7 Å². The summed E-state index contributed by atoms with van der Waals surface area (Å²) < 4.78 is 30.6. The van der Waals surface area contributed by atoms with Crippen LogP contribution in [0.4, 0.5) is 5.69 Å². The Morgan fingerprint density at radius 3 is 2.52 bits per heavy atom. The molecule has 1 heterocycles. The van der Waals surface area contributed by atoms with E-state index in [0.717, 1.165) is 5.56 Å². The van der Waals surface area contributed by atoms with Gasteiger partial charge in [-0.25, -0.2) is 13.2 Å². The summed E-state index contributed by atoms with van der Waals surface area (Å²) in [6.07, 6.45) is 0.555. The fourth-order valence-electron chi connectivity index (χ4n) is 3.20. The molecule has 0 aromatic heterocycles. The maximum atomic E-state index is 12.4. The van der Waals surface area contributed by atoms with Crippen LogP contribution in [0.2, 0.25) is 0 Å². The first-order valence-corrected chi connectivity index (χ1v) is 11.1. The predicted octanol–water partition coefficient (Wildman–Crippen LogP) is 2.43.